The summed E-state index contributed by atoms with van der Waals surface area (Å²) in [7, 11) is 0. The zero-order chi connectivity index (χ0) is 30.2. The highest BCUT2D eigenvalue weighted by atomic mass is 19.1. The Balaban J connectivity index is 0.000000304. The summed E-state index contributed by atoms with van der Waals surface area (Å²) in [6, 6.07) is 17.3. The molecule has 0 spiro atoms. The van der Waals surface area contributed by atoms with Crippen molar-refractivity contribution in [2.24, 2.45) is 0 Å². The Kier molecular flexibility index (Phi) is 13.1. The zero-order valence-corrected chi connectivity index (χ0v) is 21.9. The Hall–Kier alpha value is -5.10. The molecule has 1 saturated heterocycles. The molecule has 1 fully saturated rings. The average Bonchev–Trinajstić information content (AvgIpc) is 3.41. The molecule has 2 aromatic carbocycles. The lowest BCUT2D eigenvalue weighted by atomic mass is 9.89. The Bertz CT molecular complexity index is 1300. The fourth-order valence-corrected chi connectivity index (χ4v) is 3.90. The van der Waals surface area contributed by atoms with E-state index in [2.05, 4.69) is 45.2 Å². The second-order valence-corrected chi connectivity index (χ2v) is 8.75. The molecule has 11 nitrogen and oxygen atoms in total. The number of hydrogen-bond acceptors (Lipinski definition) is 6. The molecule has 3 aromatic rings. The maximum absolute atomic E-state index is 13.4. The Morgan fingerprint density at radius 2 is 1.37 bits per heavy atom. The third-order valence-corrected chi connectivity index (χ3v) is 5.72. The van der Waals surface area contributed by atoms with Crippen LogP contribution < -0.4 is 0 Å². The van der Waals surface area contributed by atoms with Gasteiger partial charge in [0.1, 0.15) is 11.6 Å². The minimum Gasteiger partial charge on any atom is -0.478 e. The molecule has 0 unspecified atom stereocenters. The van der Waals surface area contributed by atoms with Crippen molar-refractivity contribution < 1.29 is 44.0 Å². The molecule has 1 aromatic heterocycles. The first-order valence-electron chi connectivity index (χ1n) is 12.4. The Labute approximate surface area is 234 Å². The molecule has 0 radical (unpaired) electrons. The number of benzene rings is 2. The first-order chi connectivity index (χ1) is 19.5. The van der Waals surface area contributed by atoms with E-state index >= 15 is 0 Å². The van der Waals surface area contributed by atoms with Gasteiger partial charge in [0.15, 0.2) is 0 Å². The molecule has 12 heteroatoms. The molecule has 0 amide bonds. The van der Waals surface area contributed by atoms with Crippen LogP contribution in [0.3, 0.4) is 0 Å². The topological polar surface area (TPSA) is 181 Å². The van der Waals surface area contributed by atoms with Gasteiger partial charge in [-0.15, -0.1) is 0 Å². The Morgan fingerprint density at radius 1 is 0.829 bits per heavy atom. The summed E-state index contributed by atoms with van der Waals surface area (Å²) >= 11 is 0. The van der Waals surface area contributed by atoms with Crippen molar-refractivity contribution in [2.75, 3.05) is 13.1 Å². The van der Waals surface area contributed by atoms with Crippen molar-refractivity contribution in [3.63, 3.8) is 0 Å². The maximum Gasteiger partial charge on any atom is 0.328 e. The molecule has 41 heavy (non-hydrogen) atoms. The number of carboxylic acid groups (broad SMARTS) is 4. The van der Waals surface area contributed by atoms with E-state index in [0.717, 1.165) is 36.7 Å². The van der Waals surface area contributed by atoms with E-state index < -0.39 is 23.9 Å². The molecule has 1 aliphatic rings. The molecule has 1 aliphatic heterocycles. The lowest BCUT2D eigenvalue weighted by Gasteiger charge is -2.31. The number of carbonyl (C=O) groups is 4. The largest absolute Gasteiger partial charge is 0.478 e. The quantitative estimate of drug-likeness (QED) is 0.249. The van der Waals surface area contributed by atoms with Crippen molar-refractivity contribution >= 4 is 23.9 Å². The van der Waals surface area contributed by atoms with Crippen LogP contribution in [0.2, 0.25) is 0 Å². The predicted molar refractivity (Wildman–Crippen MR) is 146 cm³/mol. The van der Waals surface area contributed by atoms with Crippen LogP contribution in [0, 0.1) is 5.82 Å². The molecule has 216 valence electrons. The second-order valence-electron chi connectivity index (χ2n) is 8.75. The van der Waals surface area contributed by atoms with Crippen LogP contribution in [0.15, 0.2) is 85.1 Å². The van der Waals surface area contributed by atoms with Crippen molar-refractivity contribution in [1.82, 2.24) is 14.9 Å². The summed E-state index contributed by atoms with van der Waals surface area (Å²) in [5.41, 5.74) is 3.32. The van der Waals surface area contributed by atoms with E-state index in [1.165, 1.54) is 30.5 Å². The van der Waals surface area contributed by atoms with Crippen LogP contribution in [0.4, 0.5) is 4.39 Å². The van der Waals surface area contributed by atoms with Crippen molar-refractivity contribution in [1.29, 1.82) is 0 Å². The third kappa shape index (κ3) is 13.0. The zero-order valence-electron chi connectivity index (χ0n) is 21.9. The van der Waals surface area contributed by atoms with Crippen molar-refractivity contribution in [3.8, 4) is 11.4 Å². The first-order valence-corrected chi connectivity index (χ1v) is 12.4. The van der Waals surface area contributed by atoms with Gasteiger partial charge in [0.05, 0.1) is 0 Å². The van der Waals surface area contributed by atoms with Crippen LogP contribution in [-0.4, -0.2) is 72.3 Å². The van der Waals surface area contributed by atoms with E-state index in [1.54, 1.807) is 6.07 Å². The first kappa shape index (κ1) is 32.1. The van der Waals surface area contributed by atoms with Gasteiger partial charge in [-0.3, -0.25) is 4.90 Å². The van der Waals surface area contributed by atoms with Crippen molar-refractivity contribution in [2.45, 2.75) is 25.3 Å². The molecular weight excluding hydrogens is 537 g/mol. The number of piperidine rings is 1. The second kappa shape index (κ2) is 16.8. The highest BCUT2D eigenvalue weighted by molar-refractivity contribution is 5.90. The van der Waals surface area contributed by atoms with Gasteiger partial charge in [-0.25, -0.2) is 28.6 Å². The minimum atomic E-state index is -1.26. The van der Waals surface area contributed by atoms with Gasteiger partial charge in [-0.1, -0.05) is 42.5 Å². The normalized spacial score (nSPS) is 13.6. The number of H-pyrrole nitrogens is 1. The molecule has 0 atom stereocenters. The van der Waals surface area contributed by atoms with Crippen molar-refractivity contribution in [3.05, 3.63) is 102 Å². The smallest absolute Gasteiger partial charge is 0.328 e. The fraction of sp³-hybridized carbons (Fsp3) is 0.207. The lowest BCUT2D eigenvalue weighted by Crippen LogP contribution is -2.32. The summed E-state index contributed by atoms with van der Waals surface area (Å²) in [6.07, 6.45) is 6.47. The molecular formula is C29H30FN3O8. The van der Waals surface area contributed by atoms with E-state index in [-0.39, 0.29) is 5.82 Å². The van der Waals surface area contributed by atoms with Gasteiger partial charge in [-0.2, -0.15) is 0 Å². The van der Waals surface area contributed by atoms with Crippen LogP contribution in [0.5, 0.6) is 0 Å². The van der Waals surface area contributed by atoms with Gasteiger partial charge in [0.25, 0.3) is 0 Å². The summed E-state index contributed by atoms with van der Waals surface area (Å²) < 4.78 is 13.4. The summed E-state index contributed by atoms with van der Waals surface area (Å²) in [5, 5.41) is 31.2. The number of imidazole rings is 1. The molecule has 2 heterocycles. The van der Waals surface area contributed by atoms with Crippen LogP contribution in [0.25, 0.3) is 11.4 Å². The van der Waals surface area contributed by atoms with E-state index in [0.29, 0.717) is 30.2 Å². The lowest BCUT2D eigenvalue weighted by molar-refractivity contribution is -0.134. The molecule has 0 saturated carbocycles. The van der Waals surface area contributed by atoms with Gasteiger partial charge in [0, 0.05) is 48.3 Å². The average molecular weight is 568 g/mol. The molecule has 0 aliphatic carbocycles. The van der Waals surface area contributed by atoms with Crippen LogP contribution in [-0.2, 0) is 25.7 Å². The number of nitrogens with zero attached hydrogens (tertiary/aromatic N) is 2. The van der Waals surface area contributed by atoms with E-state index in [4.69, 9.17) is 20.4 Å². The monoisotopic (exact) mass is 567 g/mol. The summed E-state index contributed by atoms with van der Waals surface area (Å²) in [6.45, 7) is 3.05. The molecule has 4 rings (SSSR count). The van der Waals surface area contributed by atoms with E-state index in [9.17, 15) is 23.6 Å². The number of carboxylic acids is 4. The number of rotatable bonds is 8. The van der Waals surface area contributed by atoms with E-state index in [1.807, 2.05) is 12.3 Å². The predicted octanol–water partition coefficient (Wildman–Crippen LogP) is 4.02. The SMILES string of the molecule is Fc1cccc(-c2ncc(CN3CCC(c4ccccc4)CC3)[nH]2)c1.O=C(O)/C=C\C(=O)O.O=C(O)/C=C\C(=O)O. The Morgan fingerprint density at radius 3 is 1.85 bits per heavy atom. The summed E-state index contributed by atoms with van der Waals surface area (Å²) in [4.78, 5) is 48.4. The summed E-state index contributed by atoms with van der Waals surface area (Å²) in [5.74, 6) is -3.87. The minimum absolute atomic E-state index is 0.238. The highest BCUT2D eigenvalue weighted by Crippen LogP contribution is 2.28. The fourth-order valence-electron chi connectivity index (χ4n) is 3.90. The number of halogens is 1. The number of likely N-dealkylation sites (tertiary alicyclic amines) is 1. The number of aliphatic carboxylic acids is 4. The number of nitrogens with one attached hydrogen (secondary N) is 1. The number of aromatic amines is 1. The van der Waals surface area contributed by atoms with Crippen LogP contribution >= 0.6 is 0 Å². The number of aromatic nitrogens is 2. The standard InChI is InChI=1S/C21H22FN3.2C4H4O4/c22-19-8-4-7-18(13-19)21-23-14-20(24-21)15-25-11-9-17(10-12-25)16-5-2-1-3-6-16;2*5-3(6)1-2-4(7)8/h1-8,13-14,17H,9-12,15H2,(H,23,24);2*1-2H,(H,5,6)(H,7,8)/b;2*2-1-. The van der Waals surface area contributed by atoms with Gasteiger partial charge >= 0.3 is 23.9 Å². The van der Waals surface area contributed by atoms with Gasteiger partial charge < -0.3 is 25.4 Å². The third-order valence-electron chi connectivity index (χ3n) is 5.72. The number of hydrogen-bond donors (Lipinski definition) is 5. The van der Waals surface area contributed by atoms with Crippen LogP contribution in [0.1, 0.15) is 30.0 Å². The maximum atomic E-state index is 13.4. The molecule has 0 bridgehead atoms. The van der Waals surface area contributed by atoms with Gasteiger partial charge in [-0.05, 0) is 49.5 Å². The van der Waals surface area contributed by atoms with Gasteiger partial charge in [0.2, 0.25) is 0 Å². The highest BCUT2D eigenvalue weighted by Gasteiger charge is 2.21. The molecule has 5 N–H and O–H groups in total.